The summed E-state index contributed by atoms with van der Waals surface area (Å²) >= 11 is 1.14. The summed E-state index contributed by atoms with van der Waals surface area (Å²) in [6.07, 6.45) is 1.51. The van der Waals surface area contributed by atoms with Crippen LogP contribution < -0.4 is 5.73 Å². The van der Waals surface area contributed by atoms with E-state index in [2.05, 4.69) is 4.98 Å². The molecule has 0 amide bonds. The Hall–Kier alpha value is -1.95. The van der Waals surface area contributed by atoms with Crippen LogP contribution in [0.15, 0.2) is 39.0 Å². The number of aromatic carboxylic acids is 1. The molecule has 0 saturated carbocycles. The first-order chi connectivity index (χ1) is 8.06. The lowest BCUT2D eigenvalue weighted by molar-refractivity contribution is 0.0693. The monoisotopic (exact) mass is 250 g/mol. The van der Waals surface area contributed by atoms with E-state index in [0.717, 1.165) is 17.5 Å². The van der Waals surface area contributed by atoms with Crippen LogP contribution in [0.3, 0.4) is 0 Å². The number of nitrogen functional groups attached to an aromatic ring is 1. The summed E-state index contributed by atoms with van der Waals surface area (Å²) in [5, 5.41) is 9.43. The second-order valence-electron chi connectivity index (χ2n) is 3.42. The molecule has 0 aliphatic carbocycles. The van der Waals surface area contributed by atoms with Crippen molar-refractivity contribution in [2.75, 3.05) is 5.73 Å². The first-order valence-corrected chi connectivity index (χ1v) is 5.60. The van der Waals surface area contributed by atoms with E-state index in [1.165, 1.54) is 12.3 Å². The second kappa shape index (κ2) is 4.50. The number of anilines is 1. The first-order valence-electron chi connectivity index (χ1n) is 4.79. The topological polar surface area (TPSA) is 89.3 Å². The van der Waals surface area contributed by atoms with Crippen molar-refractivity contribution >= 4 is 23.4 Å². The third-order valence-corrected chi connectivity index (χ3v) is 2.95. The van der Waals surface area contributed by atoms with Crippen molar-refractivity contribution in [3.05, 3.63) is 35.7 Å². The number of hydrogen-bond donors (Lipinski definition) is 2. The molecule has 2 aromatic rings. The van der Waals surface area contributed by atoms with Crippen LogP contribution in [0, 0.1) is 6.92 Å². The number of rotatable bonds is 3. The van der Waals surface area contributed by atoms with Gasteiger partial charge in [0.05, 0.1) is 11.3 Å². The number of carboxylic acid groups (broad SMARTS) is 1. The van der Waals surface area contributed by atoms with Gasteiger partial charge in [0, 0.05) is 10.6 Å². The van der Waals surface area contributed by atoms with Crippen LogP contribution in [0.5, 0.6) is 0 Å². The Morgan fingerprint density at radius 2 is 2.29 bits per heavy atom. The van der Waals surface area contributed by atoms with Crippen molar-refractivity contribution in [1.29, 1.82) is 0 Å². The van der Waals surface area contributed by atoms with E-state index in [1.54, 1.807) is 19.1 Å². The van der Waals surface area contributed by atoms with Crippen molar-refractivity contribution in [3.8, 4) is 0 Å². The van der Waals surface area contributed by atoms with Gasteiger partial charge in [-0.3, -0.25) is 0 Å². The van der Waals surface area contributed by atoms with Gasteiger partial charge >= 0.3 is 5.97 Å². The highest BCUT2D eigenvalue weighted by Crippen LogP contribution is 2.31. The van der Waals surface area contributed by atoms with Crippen LogP contribution in [0.2, 0.25) is 0 Å². The lowest BCUT2D eigenvalue weighted by atomic mass is 10.2. The molecular formula is C11H10N2O3S. The van der Waals surface area contributed by atoms with Gasteiger partial charge in [0.15, 0.2) is 0 Å². The number of hydrogen-bond acceptors (Lipinski definition) is 5. The van der Waals surface area contributed by atoms with Gasteiger partial charge in [0.2, 0.25) is 0 Å². The van der Waals surface area contributed by atoms with Crippen LogP contribution in [-0.4, -0.2) is 16.1 Å². The fourth-order valence-electron chi connectivity index (χ4n) is 1.27. The molecule has 0 spiro atoms. The predicted molar refractivity (Wildman–Crippen MR) is 63.2 cm³/mol. The van der Waals surface area contributed by atoms with Crippen molar-refractivity contribution in [2.24, 2.45) is 0 Å². The average molecular weight is 250 g/mol. The molecule has 17 heavy (non-hydrogen) atoms. The van der Waals surface area contributed by atoms with E-state index in [1.807, 2.05) is 0 Å². The van der Waals surface area contributed by atoms with Crippen molar-refractivity contribution < 1.29 is 14.3 Å². The van der Waals surface area contributed by atoms with E-state index in [0.29, 0.717) is 15.8 Å². The van der Waals surface area contributed by atoms with Crippen molar-refractivity contribution in [3.63, 3.8) is 0 Å². The molecule has 0 bridgehead atoms. The number of nitrogens with zero attached hydrogens (tertiary/aromatic N) is 1. The molecule has 1 heterocycles. The number of carbonyl (C=O) groups is 1. The van der Waals surface area contributed by atoms with Gasteiger partial charge < -0.3 is 15.3 Å². The molecule has 0 atom stereocenters. The van der Waals surface area contributed by atoms with Gasteiger partial charge in [-0.25, -0.2) is 9.78 Å². The molecule has 0 aliphatic rings. The molecule has 2 rings (SSSR count). The Bertz CT molecular complexity index is 566. The average Bonchev–Trinajstić information content (AvgIpc) is 2.63. The first kappa shape index (κ1) is 11.5. The van der Waals surface area contributed by atoms with Gasteiger partial charge in [-0.15, -0.1) is 0 Å². The number of oxazole rings is 1. The maximum atomic E-state index is 11.0. The van der Waals surface area contributed by atoms with Gasteiger partial charge in [-0.05, 0) is 36.9 Å². The van der Waals surface area contributed by atoms with Crippen LogP contribution in [-0.2, 0) is 0 Å². The number of benzene rings is 1. The molecular weight excluding hydrogens is 240 g/mol. The van der Waals surface area contributed by atoms with Gasteiger partial charge in [0.1, 0.15) is 6.26 Å². The smallest absolute Gasteiger partial charge is 0.336 e. The van der Waals surface area contributed by atoms with Crippen LogP contribution in [0.1, 0.15) is 16.1 Å². The summed E-state index contributed by atoms with van der Waals surface area (Å²) in [5.41, 5.74) is 7.05. The quantitative estimate of drug-likeness (QED) is 0.813. The minimum atomic E-state index is -1.00. The van der Waals surface area contributed by atoms with Crippen LogP contribution >= 0.6 is 11.8 Å². The van der Waals surface area contributed by atoms with Gasteiger partial charge in [0.25, 0.3) is 5.22 Å². The Morgan fingerprint density at radius 3 is 2.88 bits per heavy atom. The Labute approximate surface area is 102 Å². The Morgan fingerprint density at radius 1 is 1.53 bits per heavy atom. The Kier molecular flexibility index (Phi) is 3.06. The highest BCUT2D eigenvalue weighted by atomic mass is 32.2. The summed E-state index contributed by atoms with van der Waals surface area (Å²) in [7, 11) is 0. The summed E-state index contributed by atoms with van der Waals surface area (Å²) in [6, 6.07) is 4.61. The Balaban J connectivity index is 2.37. The lowest BCUT2D eigenvalue weighted by Crippen LogP contribution is -1.99. The largest absolute Gasteiger partial charge is 0.478 e. The molecule has 0 unspecified atom stereocenters. The molecule has 0 aliphatic heterocycles. The minimum absolute atomic E-state index is 0.181. The van der Waals surface area contributed by atoms with E-state index in [4.69, 9.17) is 15.3 Å². The fraction of sp³-hybridized carbons (Fsp3) is 0.0909. The number of aromatic nitrogens is 1. The maximum absolute atomic E-state index is 11.0. The molecule has 1 aromatic carbocycles. The zero-order valence-electron chi connectivity index (χ0n) is 9.01. The van der Waals surface area contributed by atoms with Crippen molar-refractivity contribution in [2.45, 2.75) is 17.0 Å². The molecule has 0 radical (unpaired) electrons. The van der Waals surface area contributed by atoms with Crippen LogP contribution in [0.25, 0.3) is 0 Å². The maximum Gasteiger partial charge on any atom is 0.336 e. The molecule has 1 aromatic heterocycles. The molecule has 6 heteroatoms. The molecule has 0 fully saturated rings. The summed E-state index contributed by atoms with van der Waals surface area (Å²) < 4.78 is 5.16. The van der Waals surface area contributed by atoms with E-state index in [-0.39, 0.29) is 5.56 Å². The van der Waals surface area contributed by atoms with E-state index < -0.39 is 5.97 Å². The third kappa shape index (κ3) is 2.59. The minimum Gasteiger partial charge on any atom is -0.478 e. The predicted octanol–water partition coefficient (Wildman–Crippen LogP) is 2.41. The van der Waals surface area contributed by atoms with Crippen molar-refractivity contribution in [1.82, 2.24) is 4.98 Å². The van der Waals surface area contributed by atoms with E-state index >= 15 is 0 Å². The SMILES string of the molecule is Cc1coc(Sc2cc(N)ccc2C(=O)O)n1. The number of carboxylic acids is 1. The summed E-state index contributed by atoms with van der Waals surface area (Å²) in [5.74, 6) is -1.00. The van der Waals surface area contributed by atoms with Gasteiger partial charge in [-0.2, -0.15) is 0 Å². The zero-order chi connectivity index (χ0) is 12.4. The van der Waals surface area contributed by atoms with Crippen LogP contribution in [0.4, 0.5) is 5.69 Å². The molecule has 88 valence electrons. The van der Waals surface area contributed by atoms with E-state index in [9.17, 15) is 4.79 Å². The number of nitrogens with two attached hydrogens (primary N) is 1. The summed E-state index contributed by atoms with van der Waals surface area (Å²) in [4.78, 5) is 15.6. The molecule has 3 N–H and O–H groups in total. The zero-order valence-corrected chi connectivity index (χ0v) is 9.82. The highest BCUT2D eigenvalue weighted by Gasteiger charge is 2.13. The number of aryl methyl sites for hydroxylation is 1. The third-order valence-electron chi connectivity index (χ3n) is 2.03. The normalized spacial score (nSPS) is 10.4. The fourth-order valence-corrected chi connectivity index (χ4v) is 2.21. The summed E-state index contributed by atoms with van der Waals surface area (Å²) in [6.45, 7) is 1.80. The lowest BCUT2D eigenvalue weighted by Gasteiger charge is -2.04. The van der Waals surface area contributed by atoms with Gasteiger partial charge in [-0.1, -0.05) is 0 Å². The standard InChI is InChI=1S/C11H10N2O3S/c1-6-5-16-11(13-6)17-9-4-7(12)2-3-8(9)10(14)15/h2-5H,12H2,1H3,(H,14,15). The molecule has 5 nitrogen and oxygen atoms in total. The second-order valence-corrected chi connectivity index (χ2v) is 4.41. The molecule has 0 saturated heterocycles. The highest BCUT2D eigenvalue weighted by molar-refractivity contribution is 7.99.